The van der Waals surface area contributed by atoms with E-state index < -0.39 is 0 Å². The topological polar surface area (TPSA) is 36.9 Å². The molecule has 1 aromatic carbocycles. The molecule has 0 aromatic heterocycles. The number of rotatable bonds is 5. The Morgan fingerprint density at radius 2 is 2.22 bits per heavy atom. The van der Waals surface area contributed by atoms with Crippen LogP contribution < -0.4 is 5.32 Å². The van der Waals surface area contributed by atoms with Crippen LogP contribution in [0.2, 0.25) is 0 Å². The van der Waals surface area contributed by atoms with E-state index in [2.05, 4.69) is 58.2 Å². The maximum atomic E-state index is 5.19. The average Bonchev–Trinajstić information content (AvgIpc) is 2.56. The molecule has 23 heavy (non-hydrogen) atoms. The normalized spacial score (nSPS) is 18.5. The molecule has 1 atom stereocenters. The highest BCUT2D eigenvalue weighted by Gasteiger charge is 2.21. The first-order valence-electron chi connectivity index (χ1n) is 7.90. The molecule has 2 rings (SSSR count). The van der Waals surface area contributed by atoms with E-state index in [1.165, 1.54) is 23.3 Å². The lowest BCUT2D eigenvalue weighted by Gasteiger charge is -2.34. The standard InChI is InChI=1S/C17H27N3OS.HI/c1-4-16-12-20(8-9-22-16)17(18-2)19-11-14-6-5-7-15(10-14)13-21-3;/h5-7,10,16H,4,8-9,11-13H2,1-3H3,(H,18,19);1H. The van der Waals surface area contributed by atoms with Crippen LogP contribution >= 0.6 is 35.7 Å². The van der Waals surface area contributed by atoms with Crippen molar-refractivity contribution in [2.24, 2.45) is 4.99 Å². The third-order valence-corrected chi connectivity index (χ3v) is 5.23. The van der Waals surface area contributed by atoms with Crippen molar-refractivity contribution < 1.29 is 4.74 Å². The molecular weight excluding hydrogens is 421 g/mol. The number of nitrogens with one attached hydrogen (secondary N) is 1. The smallest absolute Gasteiger partial charge is 0.193 e. The number of thioether (sulfide) groups is 1. The summed E-state index contributed by atoms with van der Waals surface area (Å²) in [5.74, 6) is 2.19. The van der Waals surface area contributed by atoms with E-state index in [0.717, 1.165) is 30.8 Å². The molecular formula is C17H28IN3OS. The van der Waals surface area contributed by atoms with E-state index >= 15 is 0 Å². The SMILES string of the molecule is CCC1CN(C(=NC)NCc2cccc(COC)c2)CCS1.I. The van der Waals surface area contributed by atoms with E-state index in [1.54, 1.807) is 7.11 Å². The Hall–Kier alpha value is -0.470. The average molecular weight is 449 g/mol. The molecule has 1 aliphatic heterocycles. The number of hydrogen-bond donors (Lipinski definition) is 1. The zero-order chi connectivity index (χ0) is 15.8. The van der Waals surface area contributed by atoms with Crippen molar-refractivity contribution in [3.05, 3.63) is 35.4 Å². The van der Waals surface area contributed by atoms with Crippen molar-refractivity contribution in [2.45, 2.75) is 31.7 Å². The molecule has 130 valence electrons. The van der Waals surface area contributed by atoms with Gasteiger partial charge >= 0.3 is 0 Å². The molecule has 0 aliphatic carbocycles. The fourth-order valence-corrected chi connectivity index (χ4v) is 3.85. The molecule has 0 radical (unpaired) electrons. The van der Waals surface area contributed by atoms with E-state index in [0.29, 0.717) is 6.61 Å². The maximum absolute atomic E-state index is 5.19. The first-order valence-corrected chi connectivity index (χ1v) is 8.95. The number of benzene rings is 1. The molecule has 1 unspecified atom stereocenters. The fourth-order valence-electron chi connectivity index (χ4n) is 2.67. The summed E-state index contributed by atoms with van der Waals surface area (Å²) in [6.45, 7) is 5.88. The van der Waals surface area contributed by atoms with Crippen molar-refractivity contribution in [1.29, 1.82) is 0 Å². The highest BCUT2D eigenvalue weighted by atomic mass is 127. The lowest BCUT2D eigenvalue weighted by atomic mass is 10.1. The number of methoxy groups -OCH3 is 1. The van der Waals surface area contributed by atoms with Crippen LogP contribution in [-0.2, 0) is 17.9 Å². The minimum atomic E-state index is 0. The molecule has 1 fully saturated rings. The quantitative estimate of drug-likeness (QED) is 0.425. The van der Waals surface area contributed by atoms with Crippen LogP contribution in [0.5, 0.6) is 0 Å². The summed E-state index contributed by atoms with van der Waals surface area (Å²) in [7, 11) is 3.59. The Morgan fingerprint density at radius 1 is 1.43 bits per heavy atom. The first kappa shape index (κ1) is 20.6. The zero-order valence-corrected chi connectivity index (χ0v) is 17.4. The van der Waals surface area contributed by atoms with Gasteiger partial charge in [-0.05, 0) is 17.5 Å². The van der Waals surface area contributed by atoms with Crippen LogP contribution in [0.1, 0.15) is 24.5 Å². The molecule has 0 amide bonds. The van der Waals surface area contributed by atoms with Crippen molar-refractivity contribution in [3.63, 3.8) is 0 Å². The van der Waals surface area contributed by atoms with Crippen LogP contribution in [-0.4, -0.2) is 49.1 Å². The molecule has 1 heterocycles. The predicted octanol–water partition coefficient (Wildman–Crippen LogP) is 3.35. The third kappa shape index (κ3) is 6.51. The summed E-state index contributed by atoms with van der Waals surface area (Å²) < 4.78 is 5.19. The Balaban J connectivity index is 0.00000264. The van der Waals surface area contributed by atoms with Crippen LogP contribution in [0.4, 0.5) is 0 Å². The summed E-state index contributed by atoms with van der Waals surface area (Å²) in [4.78, 5) is 6.83. The van der Waals surface area contributed by atoms with Crippen molar-refractivity contribution in [3.8, 4) is 0 Å². The highest BCUT2D eigenvalue weighted by molar-refractivity contribution is 14.0. The summed E-state index contributed by atoms with van der Waals surface area (Å²) in [6.07, 6.45) is 1.22. The minimum absolute atomic E-state index is 0. The van der Waals surface area contributed by atoms with Gasteiger partial charge in [-0.1, -0.05) is 31.2 Å². The van der Waals surface area contributed by atoms with Crippen molar-refractivity contribution >= 4 is 41.7 Å². The van der Waals surface area contributed by atoms with E-state index in [4.69, 9.17) is 4.74 Å². The Labute approximate surface area is 161 Å². The second kappa shape index (κ2) is 11.1. The Kier molecular flexibility index (Phi) is 9.97. The first-order chi connectivity index (χ1) is 10.8. The van der Waals surface area contributed by atoms with Gasteiger partial charge in [0.25, 0.3) is 0 Å². The lowest BCUT2D eigenvalue weighted by molar-refractivity contribution is 0.185. The molecule has 1 aliphatic rings. The van der Waals surface area contributed by atoms with Gasteiger partial charge < -0.3 is 15.0 Å². The van der Waals surface area contributed by atoms with Crippen molar-refractivity contribution in [1.82, 2.24) is 10.2 Å². The number of nitrogens with zero attached hydrogens (tertiary/aromatic N) is 2. The van der Waals surface area contributed by atoms with Crippen LogP contribution in [0, 0.1) is 0 Å². The molecule has 1 N–H and O–H groups in total. The van der Waals surface area contributed by atoms with Crippen LogP contribution in [0.25, 0.3) is 0 Å². The molecule has 4 nitrogen and oxygen atoms in total. The van der Waals surface area contributed by atoms with Gasteiger partial charge in [-0.25, -0.2) is 0 Å². The number of hydrogen-bond acceptors (Lipinski definition) is 3. The number of aliphatic imine (C=N–C) groups is 1. The summed E-state index contributed by atoms with van der Waals surface area (Å²) in [6, 6.07) is 8.50. The maximum Gasteiger partial charge on any atom is 0.193 e. The Morgan fingerprint density at radius 3 is 2.91 bits per heavy atom. The summed E-state index contributed by atoms with van der Waals surface area (Å²) in [5.41, 5.74) is 2.46. The monoisotopic (exact) mass is 449 g/mol. The second-order valence-electron chi connectivity index (χ2n) is 5.50. The van der Waals surface area contributed by atoms with Crippen LogP contribution in [0.3, 0.4) is 0 Å². The van der Waals surface area contributed by atoms with Gasteiger partial charge in [0.05, 0.1) is 6.61 Å². The van der Waals surface area contributed by atoms with Gasteiger partial charge in [-0.15, -0.1) is 24.0 Å². The minimum Gasteiger partial charge on any atom is -0.380 e. The van der Waals surface area contributed by atoms with Crippen LogP contribution in [0.15, 0.2) is 29.3 Å². The fraction of sp³-hybridized carbons (Fsp3) is 0.588. The molecule has 1 aromatic rings. The van der Waals surface area contributed by atoms with E-state index in [-0.39, 0.29) is 24.0 Å². The molecule has 1 saturated heterocycles. The number of ether oxygens (including phenoxy) is 1. The molecule has 0 bridgehead atoms. The highest BCUT2D eigenvalue weighted by Crippen LogP contribution is 2.21. The Bertz CT molecular complexity index is 498. The third-order valence-electron chi connectivity index (χ3n) is 3.86. The largest absolute Gasteiger partial charge is 0.380 e. The number of halogens is 1. The van der Waals surface area contributed by atoms with E-state index in [9.17, 15) is 0 Å². The van der Waals surface area contributed by atoms with E-state index in [1.807, 2.05) is 7.05 Å². The van der Waals surface area contributed by atoms with Crippen molar-refractivity contribution in [2.75, 3.05) is 33.0 Å². The summed E-state index contributed by atoms with van der Waals surface area (Å²) in [5, 5.41) is 4.21. The lowest BCUT2D eigenvalue weighted by Crippen LogP contribution is -2.47. The predicted molar refractivity (Wildman–Crippen MR) is 111 cm³/mol. The molecule has 0 spiro atoms. The van der Waals surface area contributed by atoms with Gasteiger partial charge in [0, 0.05) is 44.8 Å². The van der Waals surface area contributed by atoms with Gasteiger partial charge in [0.15, 0.2) is 5.96 Å². The van der Waals surface area contributed by atoms with Gasteiger partial charge in [-0.3, -0.25) is 4.99 Å². The second-order valence-corrected chi connectivity index (χ2v) is 6.91. The molecule has 6 heteroatoms. The van der Waals surface area contributed by atoms with Gasteiger partial charge in [0.1, 0.15) is 0 Å². The van der Waals surface area contributed by atoms with Gasteiger partial charge in [-0.2, -0.15) is 11.8 Å². The molecule has 0 saturated carbocycles. The summed E-state index contributed by atoms with van der Waals surface area (Å²) >= 11 is 2.08. The number of guanidine groups is 1. The van der Waals surface area contributed by atoms with Gasteiger partial charge in [0.2, 0.25) is 0 Å². The zero-order valence-electron chi connectivity index (χ0n) is 14.2.